The summed E-state index contributed by atoms with van der Waals surface area (Å²) in [5.41, 5.74) is 0. The predicted octanol–water partition coefficient (Wildman–Crippen LogP) is 0.835. The molecule has 0 fully saturated rings. The van der Waals surface area contributed by atoms with Crippen LogP contribution in [-0.4, -0.2) is 41.0 Å². The van der Waals surface area contributed by atoms with Crippen LogP contribution >= 0.6 is 11.8 Å². The van der Waals surface area contributed by atoms with Crippen LogP contribution in [0.1, 0.15) is 5.82 Å². The largest absolute Gasteiger partial charge is 0.355 e. The van der Waals surface area contributed by atoms with E-state index in [1.807, 2.05) is 18.5 Å². The molecule has 0 saturated heterocycles. The molecule has 1 heterocycles. The zero-order chi connectivity index (χ0) is 10.6. The maximum absolute atomic E-state index is 5.07. The Morgan fingerprint density at radius 2 is 2.00 bits per heavy atom. The first-order valence-corrected chi connectivity index (χ1v) is 5.22. The molecule has 0 amide bonds. The van der Waals surface area contributed by atoms with Crippen molar-refractivity contribution in [1.29, 1.82) is 0 Å². The van der Waals surface area contributed by atoms with Crippen LogP contribution in [0.15, 0.2) is 5.16 Å². The van der Waals surface area contributed by atoms with Gasteiger partial charge in [0.15, 0.2) is 11.4 Å². The SMILES string of the molecule is COC(CSc1nnc(C)n1C)OC. The van der Waals surface area contributed by atoms with Crippen LogP contribution in [0.3, 0.4) is 0 Å². The Bertz CT molecular complexity index is 286. The van der Waals surface area contributed by atoms with Gasteiger partial charge in [-0.2, -0.15) is 0 Å². The summed E-state index contributed by atoms with van der Waals surface area (Å²) in [4.78, 5) is 0. The smallest absolute Gasteiger partial charge is 0.191 e. The van der Waals surface area contributed by atoms with E-state index in [0.29, 0.717) is 5.75 Å². The van der Waals surface area contributed by atoms with Crippen molar-refractivity contribution in [2.24, 2.45) is 7.05 Å². The summed E-state index contributed by atoms with van der Waals surface area (Å²) in [5, 5.41) is 8.85. The first kappa shape index (κ1) is 11.5. The van der Waals surface area contributed by atoms with Crippen molar-refractivity contribution < 1.29 is 9.47 Å². The number of aryl methyl sites for hydroxylation is 1. The normalized spacial score (nSPS) is 11.2. The van der Waals surface area contributed by atoms with Gasteiger partial charge >= 0.3 is 0 Å². The number of nitrogens with zero attached hydrogens (tertiary/aromatic N) is 3. The number of aromatic nitrogens is 3. The van der Waals surface area contributed by atoms with Gasteiger partial charge in [-0.3, -0.25) is 0 Å². The summed E-state index contributed by atoms with van der Waals surface area (Å²) in [5.74, 6) is 1.61. The van der Waals surface area contributed by atoms with Gasteiger partial charge < -0.3 is 14.0 Å². The minimum absolute atomic E-state index is 0.197. The molecule has 0 aliphatic heterocycles. The second-order valence-corrected chi connectivity index (χ2v) is 3.79. The third kappa shape index (κ3) is 2.70. The molecule has 0 unspecified atom stereocenters. The third-order valence-electron chi connectivity index (χ3n) is 1.93. The fourth-order valence-corrected chi connectivity index (χ4v) is 1.87. The molecule has 0 bridgehead atoms. The van der Waals surface area contributed by atoms with Crippen LogP contribution in [0.2, 0.25) is 0 Å². The standard InChI is InChI=1S/C8H15N3O2S/c1-6-9-10-8(11(6)2)14-5-7(12-3)13-4/h7H,5H2,1-4H3. The van der Waals surface area contributed by atoms with E-state index in [1.165, 1.54) is 0 Å². The number of rotatable bonds is 5. The third-order valence-corrected chi connectivity index (χ3v) is 2.98. The van der Waals surface area contributed by atoms with Gasteiger partial charge in [0.25, 0.3) is 0 Å². The van der Waals surface area contributed by atoms with E-state index in [9.17, 15) is 0 Å². The zero-order valence-electron chi connectivity index (χ0n) is 8.85. The summed E-state index contributed by atoms with van der Waals surface area (Å²) in [7, 11) is 5.18. The highest BCUT2D eigenvalue weighted by Crippen LogP contribution is 2.17. The molecule has 1 rings (SSSR count). The Morgan fingerprint density at radius 1 is 1.36 bits per heavy atom. The Hall–Kier alpha value is -0.590. The molecule has 0 atom stereocenters. The Labute approximate surface area is 87.8 Å². The first-order chi connectivity index (χ1) is 6.69. The van der Waals surface area contributed by atoms with Gasteiger partial charge in [-0.1, -0.05) is 11.8 Å². The maximum atomic E-state index is 5.07. The van der Waals surface area contributed by atoms with Gasteiger partial charge in [0, 0.05) is 21.3 Å². The average molecular weight is 217 g/mol. The quantitative estimate of drug-likeness (QED) is 0.540. The molecular formula is C8H15N3O2S. The lowest BCUT2D eigenvalue weighted by Crippen LogP contribution is -2.16. The second-order valence-electron chi connectivity index (χ2n) is 2.80. The monoisotopic (exact) mass is 217 g/mol. The maximum Gasteiger partial charge on any atom is 0.191 e. The molecule has 1 aromatic rings. The van der Waals surface area contributed by atoms with Crippen molar-refractivity contribution in [3.05, 3.63) is 5.82 Å². The molecule has 6 heteroatoms. The van der Waals surface area contributed by atoms with Crippen molar-refractivity contribution in [2.45, 2.75) is 18.4 Å². The topological polar surface area (TPSA) is 49.2 Å². The van der Waals surface area contributed by atoms with E-state index in [0.717, 1.165) is 11.0 Å². The Morgan fingerprint density at radius 3 is 2.43 bits per heavy atom. The minimum Gasteiger partial charge on any atom is -0.355 e. The van der Waals surface area contributed by atoms with Gasteiger partial charge in [-0.05, 0) is 6.92 Å². The summed E-state index contributed by atoms with van der Waals surface area (Å²) < 4.78 is 12.1. The van der Waals surface area contributed by atoms with Crippen LogP contribution in [0.5, 0.6) is 0 Å². The number of methoxy groups -OCH3 is 2. The molecule has 0 saturated carbocycles. The highest BCUT2D eigenvalue weighted by atomic mass is 32.2. The lowest BCUT2D eigenvalue weighted by molar-refractivity contribution is -0.0842. The molecule has 0 radical (unpaired) electrons. The molecular weight excluding hydrogens is 202 g/mol. The molecule has 0 spiro atoms. The Kier molecular flexibility index (Phi) is 4.37. The second kappa shape index (κ2) is 5.33. The van der Waals surface area contributed by atoms with E-state index in [1.54, 1.807) is 26.0 Å². The van der Waals surface area contributed by atoms with E-state index in [2.05, 4.69) is 10.2 Å². The summed E-state index contributed by atoms with van der Waals surface area (Å²) in [6.45, 7) is 1.92. The summed E-state index contributed by atoms with van der Waals surface area (Å²) in [6.07, 6.45) is -0.197. The zero-order valence-corrected chi connectivity index (χ0v) is 9.67. The van der Waals surface area contributed by atoms with Gasteiger partial charge in [0.1, 0.15) is 5.82 Å². The fourth-order valence-electron chi connectivity index (χ4n) is 0.888. The lowest BCUT2D eigenvalue weighted by atomic mass is 10.7. The van der Waals surface area contributed by atoms with Gasteiger partial charge in [-0.15, -0.1) is 10.2 Å². The molecule has 0 N–H and O–H groups in total. The van der Waals surface area contributed by atoms with Gasteiger partial charge in [-0.25, -0.2) is 0 Å². The van der Waals surface area contributed by atoms with Crippen LogP contribution in [0.25, 0.3) is 0 Å². The number of thioether (sulfide) groups is 1. The highest BCUT2D eigenvalue weighted by Gasteiger charge is 2.10. The molecule has 0 aromatic carbocycles. The highest BCUT2D eigenvalue weighted by molar-refractivity contribution is 7.99. The van der Waals surface area contributed by atoms with Crippen LogP contribution in [-0.2, 0) is 16.5 Å². The predicted molar refractivity (Wildman–Crippen MR) is 54.3 cm³/mol. The van der Waals surface area contributed by atoms with Crippen molar-refractivity contribution in [3.8, 4) is 0 Å². The molecule has 80 valence electrons. The number of hydrogen-bond acceptors (Lipinski definition) is 5. The van der Waals surface area contributed by atoms with Gasteiger partial charge in [0.05, 0.1) is 5.75 Å². The van der Waals surface area contributed by atoms with Crippen molar-refractivity contribution in [2.75, 3.05) is 20.0 Å². The molecule has 0 aliphatic rings. The van der Waals surface area contributed by atoms with E-state index < -0.39 is 0 Å². The fraction of sp³-hybridized carbons (Fsp3) is 0.750. The molecule has 14 heavy (non-hydrogen) atoms. The summed E-state index contributed by atoms with van der Waals surface area (Å²) >= 11 is 1.56. The van der Waals surface area contributed by atoms with Gasteiger partial charge in [0.2, 0.25) is 0 Å². The lowest BCUT2D eigenvalue weighted by Gasteiger charge is -2.11. The Balaban J connectivity index is 2.49. The van der Waals surface area contributed by atoms with E-state index >= 15 is 0 Å². The van der Waals surface area contributed by atoms with E-state index in [-0.39, 0.29) is 6.29 Å². The molecule has 1 aromatic heterocycles. The summed E-state index contributed by atoms with van der Waals surface area (Å²) in [6, 6.07) is 0. The molecule has 5 nitrogen and oxygen atoms in total. The van der Waals surface area contributed by atoms with Crippen molar-refractivity contribution in [3.63, 3.8) is 0 Å². The minimum atomic E-state index is -0.197. The van der Waals surface area contributed by atoms with E-state index in [4.69, 9.17) is 9.47 Å². The molecule has 0 aliphatic carbocycles. The number of ether oxygens (including phenoxy) is 2. The first-order valence-electron chi connectivity index (χ1n) is 4.23. The van der Waals surface area contributed by atoms with Crippen LogP contribution in [0.4, 0.5) is 0 Å². The average Bonchev–Trinajstić information content (AvgIpc) is 2.51. The number of hydrogen-bond donors (Lipinski definition) is 0. The van der Waals surface area contributed by atoms with Crippen molar-refractivity contribution >= 4 is 11.8 Å². The van der Waals surface area contributed by atoms with Crippen LogP contribution in [0, 0.1) is 6.92 Å². The van der Waals surface area contributed by atoms with Crippen LogP contribution < -0.4 is 0 Å². The van der Waals surface area contributed by atoms with Crippen molar-refractivity contribution in [1.82, 2.24) is 14.8 Å².